The molecule has 0 saturated carbocycles. The molecule has 378 valence electrons. The van der Waals surface area contributed by atoms with Gasteiger partial charge in [-0.25, -0.2) is 33.6 Å². The minimum absolute atomic E-state index is 0.0325. The fraction of sp³-hybridized carbons (Fsp3) is 0.580. The van der Waals surface area contributed by atoms with Gasteiger partial charge in [0.15, 0.2) is 16.6 Å². The van der Waals surface area contributed by atoms with E-state index in [1.807, 2.05) is 0 Å². The van der Waals surface area contributed by atoms with Gasteiger partial charge in [-0.15, -0.1) is 0 Å². The van der Waals surface area contributed by atoms with E-state index < -0.39 is 63.5 Å². The maximum atomic E-state index is 12.3. The van der Waals surface area contributed by atoms with Gasteiger partial charge in [-0.1, -0.05) is 52.5 Å². The summed E-state index contributed by atoms with van der Waals surface area (Å²) >= 11 is 0. The molecule has 0 N–H and O–H groups in total. The Morgan fingerprint density at radius 3 is 0.851 bits per heavy atom. The lowest BCUT2D eigenvalue weighted by atomic mass is 9.91. The fourth-order valence-electron chi connectivity index (χ4n) is 6.50. The van der Waals surface area contributed by atoms with Crippen molar-refractivity contribution < 1.29 is 70.8 Å². The predicted molar refractivity (Wildman–Crippen MR) is 264 cm³/mol. The quantitative estimate of drug-likeness (QED) is 0.0194. The zero-order valence-corrected chi connectivity index (χ0v) is 44.3. The highest BCUT2D eigenvalue weighted by atomic mass is 28.4. The predicted octanol–water partition coefficient (Wildman–Crippen LogP) is 9.86. The molecule has 0 aliphatic heterocycles. The molecule has 0 amide bonds. The zero-order chi connectivity index (χ0) is 52.0. The van der Waals surface area contributed by atoms with Gasteiger partial charge in [0.1, 0.15) is 13.2 Å². The van der Waals surface area contributed by atoms with Crippen molar-refractivity contribution in [1.82, 2.24) is 0 Å². The van der Waals surface area contributed by atoms with E-state index in [2.05, 4.69) is 75.2 Å². The number of hydrogen-bond donors (Lipinski definition) is 0. The fourth-order valence-corrected chi connectivity index (χ4v) is 17.6. The molecule has 0 aromatic carbocycles. The highest BCUT2D eigenvalue weighted by molar-refractivity contribution is 6.87. The smallest absolute Gasteiger partial charge is 0.333 e. The topological polar surface area (TPSA) is 193 Å². The Morgan fingerprint density at radius 2 is 0.582 bits per heavy atom. The van der Waals surface area contributed by atoms with Crippen LogP contribution in [0, 0.1) is 0 Å². The molecule has 15 nitrogen and oxygen atoms in total. The molecule has 0 aliphatic rings. The van der Waals surface area contributed by atoms with Gasteiger partial charge < -0.3 is 37.3 Å². The first kappa shape index (κ1) is 63.9. The average Bonchev–Trinajstić information content (AvgIpc) is 3.23. The number of carbonyl (C=O) groups excluding carboxylic acids is 7. The highest BCUT2D eigenvalue weighted by Crippen LogP contribution is 2.54. The summed E-state index contributed by atoms with van der Waals surface area (Å²) in [6, 6.07) is 1.45. The molecule has 67 heavy (non-hydrogen) atoms. The Hall–Kier alpha value is -5.14. The van der Waals surface area contributed by atoms with E-state index in [-0.39, 0.29) is 46.2 Å². The molecule has 0 rings (SSSR count). The van der Waals surface area contributed by atoms with Gasteiger partial charge in [-0.2, -0.15) is 0 Å². The lowest BCUT2D eigenvalue weighted by molar-refractivity contribution is -0.147. The highest BCUT2D eigenvalue weighted by Gasteiger charge is 2.52. The minimum atomic E-state index is -2.85. The van der Waals surface area contributed by atoms with Gasteiger partial charge in [0.25, 0.3) is 0 Å². The van der Waals surface area contributed by atoms with Crippen molar-refractivity contribution in [1.29, 1.82) is 0 Å². The number of unbranched alkanes of at least 4 members (excludes halogenated alkanes) is 1. The molecule has 0 aromatic rings. The first-order valence-corrected chi connectivity index (χ1v) is 28.3. The van der Waals surface area contributed by atoms with Crippen LogP contribution in [0.15, 0.2) is 85.1 Å². The first-order valence-electron chi connectivity index (χ1n) is 22.5. The lowest BCUT2D eigenvalue weighted by Crippen LogP contribution is -2.55. The van der Waals surface area contributed by atoms with Crippen LogP contribution in [0.25, 0.3) is 0 Å². The van der Waals surface area contributed by atoms with E-state index in [0.717, 1.165) is 12.1 Å². The van der Waals surface area contributed by atoms with E-state index >= 15 is 0 Å². The van der Waals surface area contributed by atoms with Crippen LogP contribution in [-0.4, -0.2) is 105 Å². The van der Waals surface area contributed by atoms with Crippen molar-refractivity contribution in [2.24, 2.45) is 0 Å². The maximum Gasteiger partial charge on any atom is 0.333 e. The maximum absolute atomic E-state index is 12.3. The number of hydrogen-bond acceptors (Lipinski definition) is 15. The Morgan fingerprint density at radius 1 is 0.343 bits per heavy atom. The van der Waals surface area contributed by atoms with Crippen LogP contribution >= 0.6 is 0 Å². The molecule has 0 bridgehead atoms. The summed E-state index contributed by atoms with van der Waals surface area (Å²) in [7, 11) is -5.28. The SMILES string of the molecule is C=C(C)C(=O)OCCCC[Si](C)(O[Si](C)(C)CCCOC(=O)C(=C)C)C(CCCOC(=O)C(=C)C)(CCCOC(=O)C(=C)C)CCCOC(=O)C(=C)C.C=C(C)C(=O)OCCOC(=O)C(=C)C. The summed E-state index contributed by atoms with van der Waals surface area (Å²) in [4.78, 5) is 82.6. The van der Waals surface area contributed by atoms with Crippen LogP contribution in [0.5, 0.6) is 0 Å². The van der Waals surface area contributed by atoms with Crippen LogP contribution in [0.4, 0.5) is 0 Å². The summed E-state index contributed by atoms with van der Waals surface area (Å²) < 4.78 is 44.2. The van der Waals surface area contributed by atoms with Crippen LogP contribution < -0.4 is 0 Å². The molecule has 1 atom stereocenters. The van der Waals surface area contributed by atoms with Gasteiger partial charge in [0, 0.05) is 39.0 Å². The summed E-state index contributed by atoms with van der Waals surface area (Å²) in [5.41, 5.74) is 2.24. The second-order valence-corrected chi connectivity index (χ2v) is 26.5. The second-order valence-electron chi connectivity index (χ2n) is 17.7. The molecule has 0 aliphatic carbocycles. The van der Waals surface area contributed by atoms with Gasteiger partial charge in [-0.05, 0) is 137 Å². The molecule has 0 heterocycles. The lowest BCUT2D eigenvalue weighted by Gasteiger charge is -2.51. The van der Waals surface area contributed by atoms with Crippen molar-refractivity contribution in [2.75, 3.05) is 46.2 Å². The second kappa shape index (κ2) is 33.4. The molecular weight excluding hydrogens is 897 g/mol. The number of ether oxygens (including phenoxy) is 7. The Labute approximate surface area is 402 Å². The van der Waals surface area contributed by atoms with E-state index in [0.29, 0.717) is 96.8 Å². The molecule has 0 fully saturated rings. The van der Waals surface area contributed by atoms with Gasteiger partial charge in [0.05, 0.1) is 33.0 Å². The summed E-state index contributed by atoms with van der Waals surface area (Å²) in [6.07, 6.45) is 5.47. The molecule has 1 unspecified atom stereocenters. The van der Waals surface area contributed by atoms with Crippen molar-refractivity contribution in [2.45, 2.75) is 143 Å². The standard InChI is InChI=1S/C40H66O11Si2.C10H14O4/c1-30(2)35(41)46-23-14-15-29-53(13,51-52(11,12)28-19-27-50-39(45)34(9)10)40(20-16-24-47-36(42)31(3)4,21-17-25-48-37(43)32(5)6)22-18-26-49-38(44)33(7)8;1-7(2)9(11)13-5-6-14-10(12)8(3)4/h1,3,5,7,9,14-29H2,2,4,6,8,10-13H3;1,3,5-6H2,2,4H3. The van der Waals surface area contributed by atoms with E-state index in [4.69, 9.17) is 27.8 Å². The van der Waals surface area contributed by atoms with Crippen molar-refractivity contribution >= 4 is 58.4 Å². The van der Waals surface area contributed by atoms with Crippen molar-refractivity contribution in [3.05, 3.63) is 85.1 Å². The Bertz CT molecular complexity index is 1680. The third-order valence-corrected chi connectivity index (χ3v) is 20.0. The van der Waals surface area contributed by atoms with E-state index in [1.54, 1.807) is 48.5 Å². The summed E-state index contributed by atoms with van der Waals surface area (Å²) in [6.45, 7) is 43.9. The number of rotatable bonds is 34. The Balaban J connectivity index is 0. The minimum Gasteiger partial charge on any atom is -0.462 e. The average molecular weight is 977 g/mol. The third kappa shape index (κ3) is 28.6. The van der Waals surface area contributed by atoms with Crippen LogP contribution in [0.1, 0.15) is 106 Å². The van der Waals surface area contributed by atoms with Crippen LogP contribution in [-0.2, 0) is 70.8 Å². The van der Waals surface area contributed by atoms with Crippen LogP contribution in [0.2, 0.25) is 36.8 Å². The largest absolute Gasteiger partial charge is 0.462 e. The van der Waals surface area contributed by atoms with Gasteiger partial charge in [-0.3, -0.25) is 0 Å². The molecule has 0 spiro atoms. The zero-order valence-electron chi connectivity index (χ0n) is 42.3. The van der Waals surface area contributed by atoms with Gasteiger partial charge >= 0.3 is 41.8 Å². The number of carbonyl (C=O) groups is 7. The summed E-state index contributed by atoms with van der Waals surface area (Å²) in [5.74, 6) is -3.23. The first-order chi connectivity index (χ1) is 31.0. The third-order valence-electron chi connectivity index (χ3n) is 10.1. The van der Waals surface area contributed by atoms with Crippen molar-refractivity contribution in [3.63, 3.8) is 0 Å². The molecule has 17 heteroatoms. The van der Waals surface area contributed by atoms with E-state index in [9.17, 15) is 33.6 Å². The molecule has 0 saturated heterocycles. The molecular formula is C50H80O15Si2. The molecule has 0 radical (unpaired) electrons. The molecule has 0 aromatic heterocycles. The normalized spacial score (nSPS) is 11.7. The van der Waals surface area contributed by atoms with Gasteiger partial charge in [0.2, 0.25) is 0 Å². The Kier molecular flexibility index (Phi) is 31.8. The van der Waals surface area contributed by atoms with Crippen LogP contribution in [0.3, 0.4) is 0 Å². The number of esters is 7. The summed E-state index contributed by atoms with van der Waals surface area (Å²) in [5, 5.41) is -0.445. The van der Waals surface area contributed by atoms with Crippen molar-refractivity contribution in [3.8, 4) is 0 Å². The van der Waals surface area contributed by atoms with E-state index in [1.165, 1.54) is 0 Å². The monoisotopic (exact) mass is 977 g/mol.